The lowest BCUT2D eigenvalue weighted by molar-refractivity contribution is 0.0660. The predicted octanol–water partition coefficient (Wildman–Crippen LogP) is 1.40. The third-order valence-corrected chi connectivity index (χ3v) is 3.43. The first-order valence-electron chi connectivity index (χ1n) is 6.40. The minimum atomic E-state index is -0.992. The van der Waals surface area contributed by atoms with Crippen LogP contribution in [0.1, 0.15) is 29.2 Å². The van der Waals surface area contributed by atoms with Crippen molar-refractivity contribution in [3.63, 3.8) is 0 Å². The lowest BCUT2D eigenvalue weighted by atomic mass is 9.96. The molecule has 0 spiro atoms. The molecule has 0 unspecified atom stereocenters. The Morgan fingerprint density at radius 1 is 1.42 bits per heavy atom. The summed E-state index contributed by atoms with van der Waals surface area (Å²) in [7, 11) is 0. The largest absolute Gasteiger partial charge is 0.477 e. The van der Waals surface area contributed by atoms with Gasteiger partial charge >= 0.3 is 5.97 Å². The summed E-state index contributed by atoms with van der Waals surface area (Å²) in [5.74, 6) is 0.244. The van der Waals surface area contributed by atoms with Crippen LogP contribution >= 0.6 is 0 Å². The molecule has 2 aromatic heterocycles. The van der Waals surface area contributed by atoms with Crippen LogP contribution in [0, 0.1) is 5.92 Å². The molecule has 3 rings (SSSR count). The molecule has 1 saturated heterocycles. The van der Waals surface area contributed by atoms with E-state index in [1.165, 1.54) is 10.6 Å². The van der Waals surface area contributed by atoms with Crippen LogP contribution in [0.15, 0.2) is 18.2 Å². The van der Waals surface area contributed by atoms with E-state index in [9.17, 15) is 4.79 Å². The number of aromatic carboxylic acids is 1. The number of carboxylic acids is 1. The summed E-state index contributed by atoms with van der Waals surface area (Å²) in [6, 6.07) is 4.99. The second-order valence-corrected chi connectivity index (χ2v) is 4.77. The molecule has 2 aromatic rings. The van der Waals surface area contributed by atoms with Crippen LogP contribution in [0.2, 0.25) is 0 Å². The minimum absolute atomic E-state index is 0.142. The number of hydrogen-bond donors (Lipinski definition) is 1. The van der Waals surface area contributed by atoms with Crippen LogP contribution in [-0.4, -0.2) is 38.9 Å². The number of pyridine rings is 1. The number of carboxylic acid groups (broad SMARTS) is 1. The topological polar surface area (TPSA) is 76.7 Å². The highest BCUT2D eigenvalue weighted by atomic mass is 16.5. The molecule has 0 aromatic carbocycles. The van der Waals surface area contributed by atoms with Gasteiger partial charge < -0.3 is 9.84 Å². The second kappa shape index (κ2) is 4.97. The Morgan fingerprint density at radius 3 is 2.95 bits per heavy atom. The van der Waals surface area contributed by atoms with Crippen molar-refractivity contribution in [3.05, 3.63) is 29.7 Å². The van der Waals surface area contributed by atoms with E-state index in [1.54, 1.807) is 12.1 Å². The zero-order valence-electron chi connectivity index (χ0n) is 10.5. The highest BCUT2D eigenvalue weighted by molar-refractivity contribution is 5.86. The smallest absolute Gasteiger partial charge is 0.354 e. The lowest BCUT2D eigenvalue weighted by Crippen LogP contribution is -2.18. The van der Waals surface area contributed by atoms with Gasteiger partial charge in [0.15, 0.2) is 17.2 Å². The molecule has 100 valence electrons. The van der Waals surface area contributed by atoms with Gasteiger partial charge in [-0.05, 0) is 30.9 Å². The molecule has 6 nitrogen and oxygen atoms in total. The van der Waals surface area contributed by atoms with Crippen LogP contribution < -0.4 is 0 Å². The molecule has 1 fully saturated rings. The molecule has 0 saturated carbocycles. The molecular formula is C13H15N3O3. The van der Waals surface area contributed by atoms with Crippen molar-refractivity contribution in [2.24, 2.45) is 5.92 Å². The van der Waals surface area contributed by atoms with Crippen molar-refractivity contribution in [2.75, 3.05) is 13.2 Å². The Hall–Kier alpha value is -1.95. The van der Waals surface area contributed by atoms with Gasteiger partial charge in [-0.2, -0.15) is 5.10 Å². The monoisotopic (exact) mass is 261 g/mol. The summed E-state index contributed by atoms with van der Waals surface area (Å²) >= 11 is 0. The fraction of sp³-hybridized carbons (Fsp3) is 0.462. The number of fused-ring (bicyclic) bond motifs is 1. The molecule has 1 aliphatic heterocycles. The zero-order valence-corrected chi connectivity index (χ0v) is 10.5. The minimum Gasteiger partial charge on any atom is -0.477 e. The molecule has 0 atom stereocenters. The number of nitrogens with zero attached hydrogens (tertiary/aromatic N) is 3. The van der Waals surface area contributed by atoms with Gasteiger partial charge in [-0.25, -0.2) is 14.3 Å². The standard InChI is InChI=1S/C13H15N3O3/c17-13(18)10-2-1-3-12-14-11(15-16(10)12)8-9-4-6-19-7-5-9/h1-3,9H,4-8H2,(H,17,18). The van der Waals surface area contributed by atoms with Gasteiger partial charge in [0, 0.05) is 19.6 Å². The van der Waals surface area contributed by atoms with E-state index in [4.69, 9.17) is 9.84 Å². The highest BCUT2D eigenvalue weighted by Crippen LogP contribution is 2.19. The molecule has 0 aliphatic carbocycles. The third kappa shape index (κ3) is 2.44. The molecular weight excluding hydrogens is 246 g/mol. The van der Waals surface area contributed by atoms with E-state index in [0.29, 0.717) is 17.4 Å². The first kappa shape index (κ1) is 12.1. The molecule has 19 heavy (non-hydrogen) atoms. The highest BCUT2D eigenvalue weighted by Gasteiger charge is 2.18. The summed E-state index contributed by atoms with van der Waals surface area (Å²) in [6.45, 7) is 1.58. The van der Waals surface area contributed by atoms with Crippen LogP contribution in [0.5, 0.6) is 0 Å². The van der Waals surface area contributed by atoms with Crippen molar-refractivity contribution in [2.45, 2.75) is 19.3 Å². The third-order valence-electron chi connectivity index (χ3n) is 3.43. The maximum absolute atomic E-state index is 11.1. The Balaban J connectivity index is 1.88. The van der Waals surface area contributed by atoms with Crippen molar-refractivity contribution < 1.29 is 14.6 Å². The maximum atomic E-state index is 11.1. The maximum Gasteiger partial charge on any atom is 0.354 e. The van der Waals surface area contributed by atoms with E-state index in [1.807, 2.05) is 0 Å². The molecule has 3 heterocycles. The molecule has 0 amide bonds. The summed E-state index contributed by atoms with van der Waals surface area (Å²) in [6.07, 6.45) is 2.81. The van der Waals surface area contributed by atoms with Crippen molar-refractivity contribution in [1.29, 1.82) is 0 Å². The van der Waals surface area contributed by atoms with E-state index >= 15 is 0 Å². The first-order chi connectivity index (χ1) is 9.24. The Kier molecular flexibility index (Phi) is 3.16. The van der Waals surface area contributed by atoms with Gasteiger partial charge in [0.2, 0.25) is 0 Å². The number of ether oxygens (including phenoxy) is 1. The summed E-state index contributed by atoms with van der Waals surface area (Å²) in [5.41, 5.74) is 0.727. The van der Waals surface area contributed by atoms with Crippen molar-refractivity contribution in [3.8, 4) is 0 Å². The number of carbonyl (C=O) groups is 1. The van der Waals surface area contributed by atoms with Crippen molar-refractivity contribution >= 4 is 11.6 Å². The van der Waals surface area contributed by atoms with E-state index < -0.39 is 5.97 Å². The number of aromatic nitrogens is 3. The Morgan fingerprint density at radius 2 is 2.21 bits per heavy atom. The second-order valence-electron chi connectivity index (χ2n) is 4.77. The Bertz CT molecular complexity index is 602. The quantitative estimate of drug-likeness (QED) is 0.903. The Labute approximate surface area is 110 Å². The zero-order chi connectivity index (χ0) is 13.2. The van der Waals surface area contributed by atoms with Gasteiger partial charge in [0.05, 0.1) is 0 Å². The molecule has 0 bridgehead atoms. The predicted molar refractivity (Wildman–Crippen MR) is 67.2 cm³/mol. The van der Waals surface area contributed by atoms with Gasteiger partial charge in [0.25, 0.3) is 0 Å². The average Bonchev–Trinajstić information content (AvgIpc) is 2.81. The summed E-state index contributed by atoms with van der Waals surface area (Å²) < 4.78 is 6.72. The fourth-order valence-electron chi connectivity index (χ4n) is 2.41. The van der Waals surface area contributed by atoms with E-state index in [2.05, 4.69) is 10.1 Å². The lowest BCUT2D eigenvalue weighted by Gasteiger charge is -2.20. The molecule has 1 aliphatic rings. The average molecular weight is 261 g/mol. The van der Waals surface area contributed by atoms with Gasteiger partial charge in [0.1, 0.15) is 0 Å². The fourth-order valence-corrected chi connectivity index (χ4v) is 2.41. The van der Waals surface area contributed by atoms with E-state index in [0.717, 1.165) is 32.5 Å². The van der Waals surface area contributed by atoms with Crippen LogP contribution in [0.4, 0.5) is 0 Å². The van der Waals surface area contributed by atoms with Gasteiger partial charge in [-0.3, -0.25) is 0 Å². The molecule has 0 radical (unpaired) electrons. The van der Waals surface area contributed by atoms with Crippen LogP contribution in [0.3, 0.4) is 0 Å². The van der Waals surface area contributed by atoms with Crippen molar-refractivity contribution in [1.82, 2.24) is 14.6 Å². The summed E-state index contributed by atoms with van der Waals surface area (Å²) in [5, 5.41) is 13.4. The number of hydrogen-bond acceptors (Lipinski definition) is 4. The normalized spacial score (nSPS) is 16.8. The van der Waals surface area contributed by atoms with Crippen LogP contribution in [0.25, 0.3) is 5.65 Å². The molecule has 1 N–H and O–H groups in total. The number of rotatable bonds is 3. The van der Waals surface area contributed by atoms with Gasteiger partial charge in [-0.15, -0.1) is 0 Å². The molecule has 6 heteroatoms. The first-order valence-corrected chi connectivity index (χ1v) is 6.40. The van der Waals surface area contributed by atoms with Crippen LogP contribution in [-0.2, 0) is 11.2 Å². The summed E-state index contributed by atoms with van der Waals surface area (Å²) in [4.78, 5) is 15.5. The SMILES string of the molecule is O=C(O)c1cccc2nc(CC3CCOCC3)nn12. The van der Waals surface area contributed by atoms with E-state index in [-0.39, 0.29) is 5.69 Å². The van der Waals surface area contributed by atoms with Gasteiger partial charge in [-0.1, -0.05) is 6.07 Å².